The molecule has 1 heterocycles. The third-order valence-electron chi connectivity index (χ3n) is 4.27. The molecular formula is C19H13F6N3O2. The van der Waals surface area contributed by atoms with E-state index < -0.39 is 34.7 Å². The van der Waals surface area contributed by atoms with Crippen molar-refractivity contribution in [3.8, 4) is 11.4 Å². The largest absolute Gasteiger partial charge is 0.416 e. The number of nitrogens with one attached hydrogen (secondary N) is 1. The molecule has 3 aromatic rings. The van der Waals surface area contributed by atoms with Gasteiger partial charge in [-0.05, 0) is 48.5 Å². The summed E-state index contributed by atoms with van der Waals surface area (Å²) in [7, 11) is 1.40. The molecule has 0 aliphatic heterocycles. The normalized spacial score (nSPS) is 12.1. The summed E-state index contributed by atoms with van der Waals surface area (Å²) in [5.41, 5.74) is -3.78. The molecule has 3 rings (SSSR count). The molecular weight excluding hydrogens is 416 g/mol. The smallest absolute Gasteiger partial charge is 0.374 e. The number of anilines is 1. The number of benzene rings is 2. The third kappa shape index (κ3) is 3.95. The Morgan fingerprint density at radius 1 is 0.700 bits per heavy atom. The predicted octanol–water partition coefficient (Wildman–Crippen LogP) is 4.07. The molecule has 1 N–H and O–H groups in total. The van der Waals surface area contributed by atoms with Crippen LogP contribution < -0.4 is 16.6 Å². The summed E-state index contributed by atoms with van der Waals surface area (Å²) >= 11 is 0. The predicted molar refractivity (Wildman–Crippen MR) is 97.2 cm³/mol. The zero-order valence-electron chi connectivity index (χ0n) is 15.2. The van der Waals surface area contributed by atoms with Gasteiger partial charge in [-0.3, -0.25) is 4.79 Å². The average molecular weight is 429 g/mol. The van der Waals surface area contributed by atoms with Gasteiger partial charge in [0.15, 0.2) is 0 Å². The quantitative estimate of drug-likeness (QED) is 0.639. The lowest BCUT2D eigenvalue weighted by molar-refractivity contribution is -0.138. The van der Waals surface area contributed by atoms with E-state index in [1.807, 2.05) is 0 Å². The summed E-state index contributed by atoms with van der Waals surface area (Å²) in [6, 6.07) is 8.01. The van der Waals surface area contributed by atoms with Gasteiger partial charge >= 0.3 is 18.0 Å². The van der Waals surface area contributed by atoms with E-state index in [1.165, 1.54) is 7.05 Å². The molecule has 0 atom stereocenters. The third-order valence-corrected chi connectivity index (χ3v) is 4.27. The number of hydrogen-bond donors (Lipinski definition) is 1. The summed E-state index contributed by atoms with van der Waals surface area (Å²) in [5, 5.41) is 2.61. The van der Waals surface area contributed by atoms with Crippen LogP contribution in [0.25, 0.3) is 11.4 Å². The van der Waals surface area contributed by atoms with E-state index in [-0.39, 0.29) is 17.2 Å². The van der Waals surface area contributed by atoms with Gasteiger partial charge in [0.05, 0.1) is 22.5 Å². The van der Waals surface area contributed by atoms with Crippen LogP contribution in [-0.2, 0) is 12.4 Å². The second-order valence-electron chi connectivity index (χ2n) is 6.16. The van der Waals surface area contributed by atoms with Crippen molar-refractivity contribution in [2.45, 2.75) is 12.4 Å². The van der Waals surface area contributed by atoms with E-state index in [0.717, 1.165) is 59.2 Å². The van der Waals surface area contributed by atoms with Crippen LogP contribution in [-0.4, -0.2) is 16.2 Å². The van der Waals surface area contributed by atoms with Crippen molar-refractivity contribution in [1.29, 1.82) is 0 Å². The highest BCUT2D eigenvalue weighted by molar-refractivity contribution is 5.47. The van der Waals surface area contributed by atoms with Crippen LogP contribution in [0, 0.1) is 0 Å². The number of halogens is 6. The van der Waals surface area contributed by atoms with Crippen LogP contribution in [0.4, 0.5) is 32.2 Å². The van der Waals surface area contributed by atoms with Crippen molar-refractivity contribution >= 4 is 5.82 Å². The number of rotatable bonds is 3. The standard InChI is InChI=1S/C19H13F6N3O2/c1-26-15-10-16(29)28(14-8-4-12(5-9-14)19(23,24)25)17(30)27(15)13-6-2-11(3-7-13)18(20,21)22/h2-10,26H,1H3. The lowest BCUT2D eigenvalue weighted by atomic mass is 10.2. The SMILES string of the molecule is CNc1cc(=O)n(-c2ccc(C(F)(F)F)cc2)c(=O)n1-c1ccc(C(F)(F)F)cc1. The maximum Gasteiger partial charge on any atom is 0.416 e. The molecule has 0 aliphatic carbocycles. The first-order chi connectivity index (χ1) is 13.9. The monoisotopic (exact) mass is 429 g/mol. The van der Waals surface area contributed by atoms with Crippen LogP contribution in [0.5, 0.6) is 0 Å². The zero-order valence-corrected chi connectivity index (χ0v) is 15.2. The molecule has 2 aromatic carbocycles. The van der Waals surface area contributed by atoms with E-state index in [4.69, 9.17) is 0 Å². The Bertz CT molecular complexity index is 1170. The zero-order chi connectivity index (χ0) is 22.3. The molecule has 0 unspecified atom stereocenters. The van der Waals surface area contributed by atoms with Gasteiger partial charge in [0, 0.05) is 13.1 Å². The number of nitrogens with zero attached hydrogens (tertiary/aromatic N) is 2. The molecule has 0 fully saturated rings. The van der Waals surface area contributed by atoms with E-state index in [0.29, 0.717) is 4.57 Å². The summed E-state index contributed by atoms with van der Waals surface area (Å²) < 4.78 is 78.2. The maximum absolute atomic E-state index is 13.0. The second kappa shape index (κ2) is 7.39. The van der Waals surface area contributed by atoms with Crippen LogP contribution in [0.15, 0.2) is 64.2 Å². The van der Waals surface area contributed by atoms with Gasteiger partial charge in [0.1, 0.15) is 5.82 Å². The first-order valence-corrected chi connectivity index (χ1v) is 8.35. The fourth-order valence-electron chi connectivity index (χ4n) is 2.81. The Morgan fingerprint density at radius 3 is 1.47 bits per heavy atom. The van der Waals surface area contributed by atoms with Crippen molar-refractivity contribution < 1.29 is 26.3 Å². The second-order valence-corrected chi connectivity index (χ2v) is 6.16. The van der Waals surface area contributed by atoms with Gasteiger partial charge in [-0.2, -0.15) is 26.3 Å². The van der Waals surface area contributed by atoms with Gasteiger partial charge in [0.2, 0.25) is 0 Å². The van der Waals surface area contributed by atoms with Gasteiger partial charge in [-0.25, -0.2) is 13.9 Å². The van der Waals surface area contributed by atoms with E-state index in [1.54, 1.807) is 0 Å². The summed E-state index contributed by atoms with van der Waals surface area (Å²) in [5.74, 6) is -0.00656. The van der Waals surface area contributed by atoms with Crippen molar-refractivity contribution in [3.05, 3.63) is 86.6 Å². The molecule has 0 amide bonds. The number of alkyl halides is 6. The minimum atomic E-state index is -4.60. The Balaban J connectivity index is 2.19. The number of hydrogen-bond acceptors (Lipinski definition) is 3. The molecule has 0 aliphatic rings. The van der Waals surface area contributed by atoms with Crippen LogP contribution in [0.3, 0.4) is 0 Å². The van der Waals surface area contributed by atoms with Crippen LogP contribution >= 0.6 is 0 Å². The molecule has 158 valence electrons. The van der Waals surface area contributed by atoms with Gasteiger partial charge in [-0.15, -0.1) is 0 Å². The molecule has 0 saturated carbocycles. The maximum atomic E-state index is 13.0. The molecule has 0 saturated heterocycles. The highest BCUT2D eigenvalue weighted by Gasteiger charge is 2.31. The van der Waals surface area contributed by atoms with E-state index in [9.17, 15) is 35.9 Å². The topological polar surface area (TPSA) is 56.0 Å². The molecule has 5 nitrogen and oxygen atoms in total. The van der Waals surface area contributed by atoms with E-state index >= 15 is 0 Å². The fourth-order valence-corrected chi connectivity index (χ4v) is 2.81. The summed E-state index contributed by atoms with van der Waals surface area (Å²) in [4.78, 5) is 25.4. The van der Waals surface area contributed by atoms with Crippen molar-refractivity contribution in [3.63, 3.8) is 0 Å². The molecule has 0 spiro atoms. The molecule has 1 aromatic heterocycles. The van der Waals surface area contributed by atoms with Crippen molar-refractivity contribution in [1.82, 2.24) is 9.13 Å². The first-order valence-electron chi connectivity index (χ1n) is 8.35. The van der Waals surface area contributed by atoms with Crippen LogP contribution in [0.1, 0.15) is 11.1 Å². The minimum absolute atomic E-state index is 0.00656. The Hall–Kier alpha value is -3.50. The Morgan fingerprint density at radius 2 is 1.10 bits per heavy atom. The molecule has 30 heavy (non-hydrogen) atoms. The van der Waals surface area contributed by atoms with Gasteiger partial charge < -0.3 is 5.32 Å². The minimum Gasteiger partial charge on any atom is -0.374 e. The molecule has 11 heteroatoms. The highest BCUT2D eigenvalue weighted by Crippen LogP contribution is 2.30. The lowest BCUT2D eigenvalue weighted by Gasteiger charge is -2.16. The Kier molecular flexibility index (Phi) is 5.23. The number of aromatic nitrogens is 2. The summed E-state index contributed by atoms with van der Waals surface area (Å²) in [6.07, 6.45) is -9.17. The fraction of sp³-hybridized carbons (Fsp3) is 0.158. The highest BCUT2D eigenvalue weighted by atomic mass is 19.4. The first kappa shape index (κ1) is 21.2. The average Bonchev–Trinajstić information content (AvgIpc) is 2.66. The Labute approximate surface area is 164 Å². The summed E-state index contributed by atoms with van der Waals surface area (Å²) in [6.45, 7) is 0. The van der Waals surface area contributed by atoms with Gasteiger partial charge in [-0.1, -0.05) is 0 Å². The van der Waals surface area contributed by atoms with Gasteiger partial charge in [0.25, 0.3) is 5.56 Å². The van der Waals surface area contributed by atoms with E-state index in [2.05, 4.69) is 5.32 Å². The lowest BCUT2D eigenvalue weighted by Crippen LogP contribution is -2.38. The van der Waals surface area contributed by atoms with Crippen LogP contribution in [0.2, 0.25) is 0 Å². The molecule has 0 bridgehead atoms. The van der Waals surface area contributed by atoms with Crippen molar-refractivity contribution in [2.24, 2.45) is 0 Å². The van der Waals surface area contributed by atoms with Crippen molar-refractivity contribution in [2.75, 3.05) is 12.4 Å². The molecule has 0 radical (unpaired) electrons.